The van der Waals surface area contributed by atoms with Crippen LogP contribution in [-0.4, -0.2) is 31.9 Å². The van der Waals surface area contributed by atoms with Crippen molar-refractivity contribution in [2.45, 2.75) is 19.4 Å². The molecule has 0 bridgehead atoms. The van der Waals surface area contributed by atoms with Gasteiger partial charge in [-0.3, -0.25) is 0 Å². The second kappa shape index (κ2) is 5.67. The zero-order valence-electron chi connectivity index (χ0n) is 10.9. The van der Waals surface area contributed by atoms with E-state index in [2.05, 4.69) is 4.90 Å². The highest BCUT2D eigenvalue weighted by atomic mass is 19.1. The average molecular weight is 253 g/mol. The van der Waals surface area contributed by atoms with Crippen molar-refractivity contribution in [1.82, 2.24) is 0 Å². The third kappa shape index (κ3) is 2.82. The van der Waals surface area contributed by atoms with E-state index in [-0.39, 0.29) is 5.82 Å². The van der Waals surface area contributed by atoms with Gasteiger partial charge in [-0.25, -0.2) is 4.39 Å². The molecule has 0 spiro atoms. The Bertz CT molecular complexity index is 409. The van der Waals surface area contributed by atoms with Gasteiger partial charge in [0.05, 0.1) is 12.7 Å². The van der Waals surface area contributed by atoms with Gasteiger partial charge in [0.2, 0.25) is 0 Å². The summed E-state index contributed by atoms with van der Waals surface area (Å²) in [5, 5.41) is 9.74. The van der Waals surface area contributed by atoms with Crippen LogP contribution < -0.4 is 4.90 Å². The third-order valence-electron chi connectivity index (χ3n) is 3.47. The maximum atomic E-state index is 13.2. The Morgan fingerprint density at radius 1 is 1.56 bits per heavy atom. The molecule has 2 atom stereocenters. The molecule has 0 saturated carbocycles. The quantitative estimate of drug-likeness (QED) is 0.894. The summed E-state index contributed by atoms with van der Waals surface area (Å²) in [4.78, 5) is 2.20. The van der Waals surface area contributed by atoms with Crippen LogP contribution in [0.5, 0.6) is 0 Å². The fourth-order valence-corrected chi connectivity index (χ4v) is 2.57. The van der Waals surface area contributed by atoms with Gasteiger partial charge < -0.3 is 14.7 Å². The number of aliphatic hydroxyl groups is 1. The van der Waals surface area contributed by atoms with Crippen LogP contribution in [0.1, 0.15) is 25.0 Å². The number of methoxy groups -OCH3 is 1. The van der Waals surface area contributed by atoms with Crippen molar-refractivity contribution in [3.63, 3.8) is 0 Å². The Balaban J connectivity index is 2.18. The van der Waals surface area contributed by atoms with Gasteiger partial charge >= 0.3 is 0 Å². The van der Waals surface area contributed by atoms with Gasteiger partial charge in [-0.1, -0.05) is 0 Å². The highest BCUT2D eigenvalue weighted by Crippen LogP contribution is 2.31. The number of halogens is 1. The maximum Gasteiger partial charge on any atom is 0.123 e. The van der Waals surface area contributed by atoms with Crippen molar-refractivity contribution in [1.29, 1.82) is 0 Å². The number of hydrogen-bond donors (Lipinski definition) is 1. The van der Waals surface area contributed by atoms with Crippen LogP contribution in [0.4, 0.5) is 10.1 Å². The van der Waals surface area contributed by atoms with Crippen LogP contribution in [0.3, 0.4) is 0 Å². The normalized spacial score (nSPS) is 21.3. The molecule has 1 N–H and O–H groups in total. The summed E-state index contributed by atoms with van der Waals surface area (Å²) in [6.07, 6.45) is 0.418. The van der Waals surface area contributed by atoms with Crippen molar-refractivity contribution >= 4 is 5.69 Å². The highest BCUT2D eigenvalue weighted by molar-refractivity contribution is 5.55. The van der Waals surface area contributed by atoms with Gasteiger partial charge in [-0.2, -0.15) is 0 Å². The summed E-state index contributed by atoms with van der Waals surface area (Å²) in [5.74, 6) is 0.212. The average Bonchev–Trinajstić information content (AvgIpc) is 2.78. The minimum atomic E-state index is -0.655. The van der Waals surface area contributed by atoms with Gasteiger partial charge in [-0.15, -0.1) is 0 Å². The first-order chi connectivity index (χ1) is 8.61. The minimum Gasteiger partial charge on any atom is -0.389 e. The molecule has 18 heavy (non-hydrogen) atoms. The molecule has 1 unspecified atom stereocenters. The van der Waals surface area contributed by atoms with Crippen LogP contribution in [0.25, 0.3) is 0 Å². The molecule has 100 valence electrons. The van der Waals surface area contributed by atoms with Crippen LogP contribution in [-0.2, 0) is 4.74 Å². The van der Waals surface area contributed by atoms with Crippen molar-refractivity contribution < 1.29 is 14.2 Å². The van der Waals surface area contributed by atoms with Gasteiger partial charge in [0.25, 0.3) is 0 Å². The number of benzene rings is 1. The predicted octanol–water partition coefficient (Wildman–Crippen LogP) is 2.35. The van der Waals surface area contributed by atoms with Gasteiger partial charge in [0.1, 0.15) is 5.82 Å². The molecule has 0 aliphatic carbocycles. The number of nitrogens with zero attached hydrogens (tertiary/aromatic N) is 1. The molecular weight excluding hydrogens is 233 g/mol. The van der Waals surface area contributed by atoms with Crippen LogP contribution >= 0.6 is 0 Å². The fourth-order valence-electron chi connectivity index (χ4n) is 2.57. The Morgan fingerprint density at radius 3 is 3.00 bits per heavy atom. The Kier molecular flexibility index (Phi) is 4.19. The summed E-state index contributed by atoms with van der Waals surface area (Å²) < 4.78 is 18.4. The second-order valence-corrected chi connectivity index (χ2v) is 4.94. The molecule has 4 heteroatoms. The molecule has 1 fully saturated rings. The first-order valence-corrected chi connectivity index (χ1v) is 6.33. The minimum absolute atomic E-state index is 0.303. The first-order valence-electron chi connectivity index (χ1n) is 6.33. The lowest BCUT2D eigenvalue weighted by Gasteiger charge is -2.23. The summed E-state index contributed by atoms with van der Waals surface area (Å²) >= 11 is 0. The van der Waals surface area contributed by atoms with Crippen LogP contribution in [0, 0.1) is 11.7 Å². The number of anilines is 1. The lowest BCUT2D eigenvalue weighted by Crippen LogP contribution is -2.22. The lowest BCUT2D eigenvalue weighted by molar-refractivity contribution is 0.161. The molecule has 0 radical (unpaired) electrons. The number of hydrogen-bond acceptors (Lipinski definition) is 3. The van der Waals surface area contributed by atoms with E-state index in [4.69, 9.17) is 4.74 Å². The van der Waals surface area contributed by atoms with Gasteiger partial charge in [0, 0.05) is 37.4 Å². The smallest absolute Gasteiger partial charge is 0.123 e. The van der Waals surface area contributed by atoms with Crippen molar-refractivity contribution in [3.8, 4) is 0 Å². The van der Waals surface area contributed by atoms with E-state index in [1.165, 1.54) is 12.1 Å². The molecule has 1 aliphatic rings. The molecule has 1 saturated heterocycles. The van der Waals surface area contributed by atoms with Gasteiger partial charge in [-0.05, 0) is 31.5 Å². The summed E-state index contributed by atoms with van der Waals surface area (Å²) in [6, 6.07) is 4.63. The van der Waals surface area contributed by atoms with E-state index in [1.54, 1.807) is 20.1 Å². The van der Waals surface area contributed by atoms with E-state index in [0.717, 1.165) is 31.8 Å². The Hall–Kier alpha value is -1.13. The third-order valence-corrected chi connectivity index (χ3v) is 3.47. The largest absolute Gasteiger partial charge is 0.389 e. The monoisotopic (exact) mass is 253 g/mol. The van der Waals surface area contributed by atoms with E-state index in [9.17, 15) is 9.50 Å². The SMILES string of the molecule is COCC1CCN(c2ccc(F)cc2[C@H](C)O)C1. The number of rotatable bonds is 4. The summed E-state index contributed by atoms with van der Waals surface area (Å²) in [7, 11) is 1.71. The molecule has 1 aromatic rings. The molecular formula is C14H20FNO2. The van der Waals surface area contributed by atoms with E-state index >= 15 is 0 Å². The van der Waals surface area contributed by atoms with Crippen LogP contribution in [0.15, 0.2) is 18.2 Å². The first kappa shape index (κ1) is 13.3. The zero-order chi connectivity index (χ0) is 13.1. The highest BCUT2D eigenvalue weighted by Gasteiger charge is 2.25. The molecule has 1 aromatic carbocycles. The topological polar surface area (TPSA) is 32.7 Å². The Morgan fingerprint density at radius 2 is 2.33 bits per heavy atom. The van der Waals surface area contributed by atoms with Crippen molar-refractivity contribution in [3.05, 3.63) is 29.6 Å². The van der Waals surface area contributed by atoms with E-state index in [0.29, 0.717) is 11.5 Å². The van der Waals surface area contributed by atoms with Crippen LogP contribution in [0.2, 0.25) is 0 Å². The van der Waals surface area contributed by atoms with Crippen molar-refractivity contribution in [2.24, 2.45) is 5.92 Å². The molecule has 3 nitrogen and oxygen atoms in total. The Labute approximate surface area is 107 Å². The van der Waals surface area contributed by atoms with E-state index in [1.807, 2.05) is 0 Å². The molecule has 0 aromatic heterocycles. The fraction of sp³-hybridized carbons (Fsp3) is 0.571. The zero-order valence-corrected chi connectivity index (χ0v) is 10.9. The van der Waals surface area contributed by atoms with E-state index < -0.39 is 6.10 Å². The predicted molar refractivity (Wildman–Crippen MR) is 69.2 cm³/mol. The second-order valence-electron chi connectivity index (χ2n) is 4.94. The molecule has 1 aliphatic heterocycles. The van der Waals surface area contributed by atoms with Crippen molar-refractivity contribution in [2.75, 3.05) is 31.7 Å². The summed E-state index contributed by atoms with van der Waals surface area (Å²) in [5.41, 5.74) is 1.60. The van der Waals surface area contributed by atoms with Gasteiger partial charge in [0.15, 0.2) is 0 Å². The number of ether oxygens (including phenoxy) is 1. The number of aliphatic hydroxyl groups excluding tert-OH is 1. The summed E-state index contributed by atoms with van der Waals surface area (Å²) in [6.45, 7) is 4.25. The molecule has 0 amide bonds. The maximum absolute atomic E-state index is 13.2. The standard InChI is InChI=1S/C14H20FNO2/c1-10(17)13-7-12(15)3-4-14(13)16-6-5-11(8-16)9-18-2/h3-4,7,10-11,17H,5-6,8-9H2,1-2H3/t10-,11?/m0/s1. The molecule has 1 heterocycles. The molecule has 2 rings (SSSR count). The lowest BCUT2D eigenvalue weighted by atomic mass is 10.1.